The smallest absolute Gasteiger partial charge is 0.341 e. The molecule has 1 aliphatic carbocycles. The number of aryl methyl sites for hydroxylation is 1. The summed E-state index contributed by atoms with van der Waals surface area (Å²) in [5, 5.41) is 6.98. The Morgan fingerprint density at radius 3 is 2.50 bits per heavy atom. The quantitative estimate of drug-likeness (QED) is 0.185. The van der Waals surface area contributed by atoms with E-state index in [4.69, 9.17) is 9.47 Å². The number of esters is 1. The van der Waals surface area contributed by atoms with Gasteiger partial charge in [-0.25, -0.2) is 4.79 Å². The molecule has 9 heteroatoms. The average Bonchev–Trinajstić information content (AvgIpc) is 3.41. The molecule has 0 fully saturated rings. The molecule has 0 aliphatic heterocycles. The van der Waals surface area contributed by atoms with Crippen molar-refractivity contribution in [2.24, 2.45) is 0 Å². The van der Waals surface area contributed by atoms with Crippen molar-refractivity contribution in [3.05, 3.63) is 75.9 Å². The van der Waals surface area contributed by atoms with Crippen LogP contribution >= 0.6 is 24.0 Å². The van der Waals surface area contributed by atoms with Crippen LogP contribution in [0, 0.1) is 0 Å². The van der Waals surface area contributed by atoms with Gasteiger partial charge in [-0.15, -0.1) is 24.0 Å². The Hall–Kier alpha value is -3.30. The van der Waals surface area contributed by atoms with Crippen LogP contribution < -0.4 is 19.9 Å². The fraction of sp³-hybridized carbons (Fsp3) is 0.240. The highest BCUT2D eigenvalue weighted by Crippen LogP contribution is 2.39. The Labute approximate surface area is 207 Å². The maximum atomic E-state index is 13.6. The van der Waals surface area contributed by atoms with E-state index in [9.17, 15) is 9.59 Å². The summed E-state index contributed by atoms with van der Waals surface area (Å²) in [4.78, 5) is 27.4. The Morgan fingerprint density at radius 2 is 1.82 bits per heavy atom. The summed E-state index contributed by atoms with van der Waals surface area (Å²) in [5.74, 6) is -0.0758. The average molecular weight is 497 g/mol. The van der Waals surface area contributed by atoms with Crippen molar-refractivity contribution in [2.75, 3.05) is 24.4 Å². The first-order valence-corrected chi connectivity index (χ1v) is 12.2. The first-order chi connectivity index (χ1) is 16.5. The zero-order valence-corrected chi connectivity index (χ0v) is 20.7. The predicted molar refractivity (Wildman–Crippen MR) is 136 cm³/mol. The first kappa shape index (κ1) is 23.8. The van der Waals surface area contributed by atoms with Gasteiger partial charge in [0.2, 0.25) is 0 Å². The van der Waals surface area contributed by atoms with Crippen molar-refractivity contribution in [1.29, 1.82) is 0 Å². The molecule has 0 unspecified atom stereocenters. The number of benzene rings is 1. The Morgan fingerprint density at radius 1 is 1.09 bits per heavy atom. The van der Waals surface area contributed by atoms with Crippen molar-refractivity contribution in [3.8, 4) is 5.75 Å². The van der Waals surface area contributed by atoms with Crippen LogP contribution in [0.25, 0.3) is 5.70 Å². The van der Waals surface area contributed by atoms with E-state index in [1.165, 1.54) is 11.3 Å². The van der Waals surface area contributed by atoms with Gasteiger partial charge < -0.3 is 20.1 Å². The number of thiophene rings is 1. The summed E-state index contributed by atoms with van der Waals surface area (Å²) in [5.41, 5.74) is 2.48. The minimum Gasteiger partial charge on any atom is -0.497 e. The molecule has 176 valence electrons. The number of carbonyl (C=O) groups is 2. The van der Waals surface area contributed by atoms with Crippen LogP contribution in [0.1, 0.15) is 34.1 Å². The summed E-state index contributed by atoms with van der Waals surface area (Å²) in [6.45, 7) is 2.04. The topological polar surface area (TPSA) is 80.5 Å². The number of carbonyl (C=O) groups excluding carboxylic acids is 2. The molecule has 34 heavy (non-hydrogen) atoms. The van der Waals surface area contributed by atoms with Gasteiger partial charge in [0.05, 0.1) is 19.3 Å². The Bertz CT molecular complexity index is 1220. The van der Waals surface area contributed by atoms with Crippen LogP contribution in [-0.4, -0.2) is 25.6 Å². The summed E-state index contributed by atoms with van der Waals surface area (Å²) in [6, 6.07) is 12.8. The van der Waals surface area contributed by atoms with Crippen LogP contribution in [0.5, 0.6) is 5.75 Å². The lowest BCUT2D eigenvalue weighted by atomic mass is 10.1. The van der Waals surface area contributed by atoms with Gasteiger partial charge in [-0.1, -0.05) is 6.07 Å². The van der Waals surface area contributed by atoms with Gasteiger partial charge in [0.1, 0.15) is 15.8 Å². The zero-order chi connectivity index (χ0) is 24.1. The fourth-order valence-electron chi connectivity index (χ4n) is 3.84. The number of rotatable bonds is 8. The molecule has 2 aromatic heterocycles. The second-order valence-electron chi connectivity index (χ2n) is 7.57. The molecular formula is C25H26N3O4S2+. The molecule has 0 spiro atoms. The molecule has 7 nitrogen and oxygen atoms in total. The lowest BCUT2D eigenvalue weighted by Gasteiger charge is -2.11. The molecule has 2 heterocycles. The molecular weight excluding hydrogens is 470 g/mol. The number of nitrogens with zero attached hydrogens (tertiary/aromatic N) is 1. The monoisotopic (exact) mass is 496 g/mol. The third kappa shape index (κ3) is 5.10. The Balaban J connectivity index is 1.68. The third-order valence-electron chi connectivity index (χ3n) is 5.39. The normalized spacial score (nSPS) is 13.0. The van der Waals surface area contributed by atoms with Gasteiger partial charge in [0.15, 0.2) is 12.4 Å². The number of hydrogen-bond acceptors (Lipinski definition) is 7. The predicted octanol–water partition coefficient (Wildman–Crippen LogP) is 4.52. The molecule has 0 radical (unpaired) electrons. The molecule has 0 saturated heterocycles. The van der Waals surface area contributed by atoms with E-state index < -0.39 is 11.9 Å². The number of anilines is 2. The second kappa shape index (κ2) is 10.8. The number of amides is 1. The Kier molecular flexibility index (Phi) is 7.54. The maximum absolute atomic E-state index is 13.6. The number of thiol groups is 1. The van der Waals surface area contributed by atoms with E-state index in [1.807, 2.05) is 42.5 Å². The van der Waals surface area contributed by atoms with Gasteiger partial charge in [0.25, 0.3) is 0 Å². The number of nitrogens with one attached hydrogen (secondary N) is 2. The van der Waals surface area contributed by atoms with Crippen molar-refractivity contribution < 1.29 is 23.6 Å². The maximum Gasteiger partial charge on any atom is 0.341 e. The summed E-state index contributed by atoms with van der Waals surface area (Å²) >= 11 is 6.06. The van der Waals surface area contributed by atoms with Crippen LogP contribution in [-0.2, 0) is 22.4 Å². The summed E-state index contributed by atoms with van der Waals surface area (Å²) in [7, 11) is 1.60. The molecule has 1 aromatic carbocycles. The van der Waals surface area contributed by atoms with E-state index in [-0.39, 0.29) is 12.3 Å². The highest BCUT2D eigenvalue weighted by atomic mass is 32.1. The summed E-state index contributed by atoms with van der Waals surface area (Å²) < 4.78 is 12.2. The zero-order valence-electron chi connectivity index (χ0n) is 19.0. The molecule has 0 saturated carbocycles. The third-order valence-corrected chi connectivity index (χ3v) is 6.92. The lowest BCUT2D eigenvalue weighted by Crippen LogP contribution is -2.39. The van der Waals surface area contributed by atoms with E-state index >= 15 is 0 Å². The first-order valence-electron chi connectivity index (χ1n) is 11.0. The number of aromatic nitrogens is 1. The van der Waals surface area contributed by atoms with Gasteiger partial charge in [-0.05, 0) is 56.0 Å². The molecule has 4 rings (SSSR count). The molecule has 0 atom stereocenters. The van der Waals surface area contributed by atoms with Crippen LogP contribution in [0.4, 0.5) is 10.7 Å². The number of hydrogen-bond donors (Lipinski definition) is 3. The van der Waals surface area contributed by atoms with E-state index in [0.717, 1.165) is 41.1 Å². The van der Waals surface area contributed by atoms with Gasteiger partial charge in [-0.2, -0.15) is 4.57 Å². The summed E-state index contributed by atoms with van der Waals surface area (Å²) in [6.07, 6.45) is 6.24. The van der Waals surface area contributed by atoms with Crippen LogP contribution in [0.2, 0.25) is 0 Å². The van der Waals surface area contributed by atoms with E-state index in [2.05, 4.69) is 23.3 Å². The standard InChI is InChI=1S/C25H25N3O4S2/c1-3-32-25(30)20-18-8-7-9-19(18)34-24(20)27-22(29)21(28-14-5-4-6-15-28)23(33)26-16-10-12-17(31-2)13-11-16/h4-6,10-15H,3,7-9H2,1-2H3,(H2-,26,27,29,30,33)/p+1. The van der Waals surface area contributed by atoms with Crippen molar-refractivity contribution >= 4 is 52.2 Å². The number of methoxy groups -OCH3 is 1. The molecule has 0 bridgehead atoms. The molecule has 1 aliphatic rings. The molecule has 1 amide bonds. The second-order valence-corrected chi connectivity index (χ2v) is 9.12. The SMILES string of the molecule is CCOC(=O)c1c(NC(=O)C(=C(S)Nc2ccc(OC)cc2)[n+]2ccccc2)sc2c1CCC2. The fourth-order valence-corrected chi connectivity index (χ4v) is 5.46. The van der Waals surface area contributed by atoms with Gasteiger partial charge >= 0.3 is 17.6 Å². The lowest BCUT2D eigenvalue weighted by molar-refractivity contribution is -0.577. The number of ether oxygens (including phenoxy) is 2. The number of pyridine rings is 1. The van der Waals surface area contributed by atoms with E-state index in [0.29, 0.717) is 15.6 Å². The van der Waals surface area contributed by atoms with Crippen LogP contribution in [0.15, 0.2) is 59.9 Å². The molecule has 3 aromatic rings. The van der Waals surface area contributed by atoms with Gasteiger partial charge in [-0.3, -0.25) is 4.79 Å². The van der Waals surface area contributed by atoms with Crippen molar-refractivity contribution in [3.63, 3.8) is 0 Å². The highest BCUT2D eigenvalue weighted by molar-refractivity contribution is 7.84. The van der Waals surface area contributed by atoms with Crippen molar-refractivity contribution in [1.82, 2.24) is 0 Å². The molecule has 2 N–H and O–H groups in total. The van der Waals surface area contributed by atoms with Gasteiger partial charge in [0, 0.05) is 22.7 Å². The van der Waals surface area contributed by atoms with E-state index in [1.54, 1.807) is 31.0 Å². The number of fused-ring (bicyclic) bond motifs is 1. The van der Waals surface area contributed by atoms with Crippen molar-refractivity contribution in [2.45, 2.75) is 26.2 Å². The van der Waals surface area contributed by atoms with Crippen LogP contribution in [0.3, 0.4) is 0 Å². The largest absolute Gasteiger partial charge is 0.497 e. The minimum absolute atomic E-state index is 0.272. The highest BCUT2D eigenvalue weighted by Gasteiger charge is 2.31. The minimum atomic E-state index is -0.405.